The van der Waals surface area contributed by atoms with E-state index in [0.29, 0.717) is 12.5 Å². The average Bonchev–Trinajstić information content (AvgIpc) is 2.75. The van der Waals surface area contributed by atoms with Crippen molar-refractivity contribution < 1.29 is 4.79 Å². The van der Waals surface area contributed by atoms with Crippen molar-refractivity contribution in [1.29, 1.82) is 0 Å². The molecule has 2 aliphatic rings. The minimum absolute atomic E-state index is 0.246. The summed E-state index contributed by atoms with van der Waals surface area (Å²) in [5, 5.41) is 3.00. The highest BCUT2D eigenvalue weighted by atomic mass is 32.1. The summed E-state index contributed by atoms with van der Waals surface area (Å²) in [4.78, 5) is 16.9. The molecule has 0 bridgehead atoms. The number of thiazole rings is 1. The number of nitrogens with zero attached hydrogens (tertiary/aromatic N) is 1. The van der Waals surface area contributed by atoms with E-state index in [0.717, 1.165) is 29.6 Å². The molecule has 0 saturated heterocycles. The fourth-order valence-corrected chi connectivity index (χ4v) is 3.11. The van der Waals surface area contributed by atoms with Crippen molar-refractivity contribution >= 4 is 17.2 Å². The first-order valence-electron chi connectivity index (χ1n) is 5.48. The van der Waals surface area contributed by atoms with Crippen molar-refractivity contribution in [2.24, 2.45) is 17.8 Å². The van der Waals surface area contributed by atoms with Crippen LogP contribution in [0.2, 0.25) is 0 Å². The van der Waals surface area contributed by atoms with Crippen LogP contribution in [0.15, 0.2) is 11.7 Å². The molecule has 1 N–H and O–H groups in total. The molecule has 2 aliphatic carbocycles. The van der Waals surface area contributed by atoms with Gasteiger partial charge in [0.15, 0.2) is 0 Å². The lowest BCUT2D eigenvalue weighted by atomic mass is 10.0. The Labute approximate surface area is 92.9 Å². The summed E-state index contributed by atoms with van der Waals surface area (Å²) in [6.07, 6.45) is 5.44. The zero-order valence-corrected chi connectivity index (χ0v) is 9.30. The topological polar surface area (TPSA) is 42.0 Å². The Morgan fingerprint density at radius 1 is 1.47 bits per heavy atom. The Balaban J connectivity index is 1.49. The van der Waals surface area contributed by atoms with Crippen LogP contribution in [-0.2, 0) is 11.3 Å². The van der Waals surface area contributed by atoms with Crippen molar-refractivity contribution in [3.8, 4) is 0 Å². The molecule has 3 nitrogen and oxygen atoms in total. The molecule has 2 atom stereocenters. The number of amides is 1. The van der Waals surface area contributed by atoms with Crippen molar-refractivity contribution in [2.45, 2.75) is 25.8 Å². The SMILES string of the molecule is O=C(NCc1cncs1)C1CC2CC2C1. The molecule has 4 heteroatoms. The van der Waals surface area contributed by atoms with Crippen LogP contribution < -0.4 is 5.32 Å². The smallest absolute Gasteiger partial charge is 0.223 e. The first-order valence-corrected chi connectivity index (χ1v) is 6.36. The van der Waals surface area contributed by atoms with Gasteiger partial charge in [0.1, 0.15) is 0 Å². The molecule has 1 aromatic heterocycles. The number of aromatic nitrogens is 1. The lowest BCUT2D eigenvalue weighted by Gasteiger charge is -2.11. The molecule has 2 fully saturated rings. The first kappa shape index (κ1) is 9.33. The molecule has 1 aromatic rings. The highest BCUT2D eigenvalue weighted by Crippen LogP contribution is 2.54. The second-order valence-corrected chi connectivity index (χ2v) is 5.58. The molecule has 15 heavy (non-hydrogen) atoms. The van der Waals surface area contributed by atoms with E-state index in [1.165, 1.54) is 6.42 Å². The van der Waals surface area contributed by atoms with Gasteiger partial charge in [-0.1, -0.05) is 0 Å². The molecule has 0 spiro atoms. The third-order valence-corrected chi connectivity index (χ3v) is 4.31. The second-order valence-electron chi connectivity index (χ2n) is 4.61. The Kier molecular flexibility index (Phi) is 2.24. The highest BCUT2D eigenvalue weighted by Gasteiger charge is 2.47. The Morgan fingerprint density at radius 2 is 2.27 bits per heavy atom. The van der Waals surface area contributed by atoms with E-state index < -0.39 is 0 Å². The third-order valence-electron chi connectivity index (χ3n) is 3.53. The number of hydrogen-bond acceptors (Lipinski definition) is 3. The number of rotatable bonds is 3. The first-order chi connectivity index (χ1) is 7.33. The van der Waals surface area contributed by atoms with Gasteiger partial charge in [-0.2, -0.15) is 0 Å². The fourth-order valence-electron chi connectivity index (χ4n) is 2.58. The summed E-state index contributed by atoms with van der Waals surface area (Å²) in [7, 11) is 0. The van der Waals surface area contributed by atoms with Gasteiger partial charge in [0.05, 0.1) is 12.1 Å². The highest BCUT2D eigenvalue weighted by molar-refractivity contribution is 7.09. The van der Waals surface area contributed by atoms with Gasteiger partial charge in [-0.25, -0.2) is 0 Å². The number of carbonyl (C=O) groups excluding carboxylic acids is 1. The van der Waals surface area contributed by atoms with E-state index in [4.69, 9.17) is 0 Å². The van der Waals surface area contributed by atoms with Crippen LogP contribution in [0.1, 0.15) is 24.1 Å². The van der Waals surface area contributed by atoms with Gasteiger partial charge in [-0.15, -0.1) is 11.3 Å². The number of hydrogen-bond donors (Lipinski definition) is 1. The molecule has 3 rings (SSSR count). The maximum Gasteiger partial charge on any atom is 0.223 e. The standard InChI is InChI=1S/C11H14N2OS/c14-11(9-2-7-1-8(7)3-9)13-5-10-4-12-6-15-10/h4,6-9H,1-3,5H2,(H,13,14). The summed E-state index contributed by atoms with van der Waals surface area (Å²) in [6.45, 7) is 0.648. The molecular formula is C11H14N2OS. The molecule has 0 aliphatic heterocycles. The Morgan fingerprint density at radius 3 is 2.93 bits per heavy atom. The molecule has 80 valence electrons. The van der Waals surface area contributed by atoms with E-state index in [-0.39, 0.29) is 5.91 Å². The summed E-state index contributed by atoms with van der Waals surface area (Å²) >= 11 is 1.59. The van der Waals surface area contributed by atoms with E-state index >= 15 is 0 Å². The van der Waals surface area contributed by atoms with Gasteiger partial charge in [0, 0.05) is 17.0 Å². The maximum atomic E-state index is 11.8. The average molecular weight is 222 g/mol. The van der Waals surface area contributed by atoms with Crippen LogP contribution in [0.5, 0.6) is 0 Å². The second kappa shape index (κ2) is 3.59. The molecule has 2 unspecified atom stereocenters. The van der Waals surface area contributed by atoms with Crippen molar-refractivity contribution in [3.05, 3.63) is 16.6 Å². The number of fused-ring (bicyclic) bond motifs is 1. The van der Waals surface area contributed by atoms with Crippen molar-refractivity contribution in [1.82, 2.24) is 10.3 Å². The van der Waals surface area contributed by atoms with Crippen molar-refractivity contribution in [3.63, 3.8) is 0 Å². The van der Waals surface area contributed by atoms with E-state index in [2.05, 4.69) is 10.3 Å². The lowest BCUT2D eigenvalue weighted by Crippen LogP contribution is -2.29. The van der Waals surface area contributed by atoms with E-state index in [9.17, 15) is 4.79 Å². The number of nitrogens with one attached hydrogen (secondary N) is 1. The quantitative estimate of drug-likeness (QED) is 0.847. The van der Waals surface area contributed by atoms with Gasteiger partial charge in [-0.05, 0) is 31.1 Å². The fraction of sp³-hybridized carbons (Fsp3) is 0.636. The van der Waals surface area contributed by atoms with Gasteiger partial charge >= 0.3 is 0 Å². The van der Waals surface area contributed by atoms with Crippen LogP contribution in [-0.4, -0.2) is 10.9 Å². The normalized spacial score (nSPS) is 32.4. The summed E-state index contributed by atoms with van der Waals surface area (Å²) in [6, 6.07) is 0. The summed E-state index contributed by atoms with van der Waals surface area (Å²) in [5.41, 5.74) is 1.80. The molecule has 2 saturated carbocycles. The maximum absolute atomic E-state index is 11.8. The minimum Gasteiger partial charge on any atom is -0.351 e. The zero-order chi connectivity index (χ0) is 10.3. The largest absolute Gasteiger partial charge is 0.351 e. The van der Waals surface area contributed by atoms with Crippen LogP contribution in [0.4, 0.5) is 0 Å². The zero-order valence-electron chi connectivity index (χ0n) is 8.48. The van der Waals surface area contributed by atoms with Crippen LogP contribution >= 0.6 is 11.3 Å². The van der Waals surface area contributed by atoms with Gasteiger partial charge in [0.25, 0.3) is 0 Å². The van der Waals surface area contributed by atoms with Crippen molar-refractivity contribution in [2.75, 3.05) is 0 Å². The van der Waals surface area contributed by atoms with Crippen LogP contribution in [0, 0.1) is 17.8 Å². The van der Waals surface area contributed by atoms with Gasteiger partial charge < -0.3 is 5.32 Å². The van der Waals surface area contributed by atoms with E-state index in [1.807, 2.05) is 6.20 Å². The third kappa shape index (κ3) is 1.91. The molecule has 0 radical (unpaired) electrons. The predicted molar refractivity (Wildman–Crippen MR) is 58.3 cm³/mol. The van der Waals surface area contributed by atoms with E-state index in [1.54, 1.807) is 16.8 Å². The number of carbonyl (C=O) groups is 1. The molecule has 1 heterocycles. The Bertz CT molecular complexity index is 353. The molecule has 1 amide bonds. The Hall–Kier alpha value is -0.900. The lowest BCUT2D eigenvalue weighted by molar-refractivity contribution is -0.125. The summed E-state index contributed by atoms with van der Waals surface area (Å²) in [5.74, 6) is 2.30. The van der Waals surface area contributed by atoms with Crippen LogP contribution in [0.25, 0.3) is 0 Å². The predicted octanol–water partition coefficient (Wildman–Crippen LogP) is 1.81. The minimum atomic E-state index is 0.246. The summed E-state index contributed by atoms with van der Waals surface area (Å²) < 4.78 is 0. The van der Waals surface area contributed by atoms with Crippen LogP contribution in [0.3, 0.4) is 0 Å². The van der Waals surface area contributed by atoms with Gasteiger partial charge in [0.2, 0.25) is 5.91 Å². The monoisotopic (exact) mass is 222 g/mol. The van der Waals surface area contributed by atoms with Gasteiger partial charge in [-0.3, -0.25) is 9.78 Å². The molecular weight excluding hydrogens is 208 g/mol. The molecule has 0 aromatic carbocycles.